The molecule has 6 rings (SSSR count). The molecule has 1 saturated carbocycles. The standard InChI is InChI=1S/C31H36BrN3O5/c32-22-16-31-25(24(26(22)40-31)28(37)33-17-19-10-4-1-5-11-19)30(39)35(23(18-36)20-12-6-2-7-13-20)27(31)29(38)34-21-14-8-3-9-15-21/h1-2,4-7,10-13,21-27,36H,3,8-9,14-18H2,(H,33,37)(H,34,38)/t22?,23-,24-,25+,26-,27?,31?/m1/s1. The van der Waals surface area contributed by atoms with Gasteiger partial charge in [-0.1, -0.05) is 95.9 Å². The summed E-state index contributed by atoms with van der Waals surface area (Å²) < 4.78 is 6.62. The number of benzene rings is 2. The Kier molecular flexibility index (Phi) is 7.72. The smallest absolute Gasteiger partial charge is 0.246 e. The van der Waals surface area contributed by atoms with Gasteiger partial charge in [-0.3, -0.25) is 14.4 Å². The van der Waals surface area contributed by atoms with E-state index in [1.165, 1.54) is 4.90 Å². The normalized spacial score (nSPS) is 32.1. The van der Waals surface area contributed by atoms with E-state index < -0.39 is 35.6 Å². The number of rotatable bonds is 8. The first-order valence-electron chi connectivity index (χ1n) is 14.4. The highest BCUT2D eigenvalue weighted by molar-refractivity contribution is 9.09. The molecule has 3 N–H and O–H groups in total. The second-order valence-corrected chi connectivity index (χ2v) is 12.7. The van der Waals surface area contributed by atoms with Gasteiger partial charge in [0.05, 0.1) is 30.6 Å². The number of ether oxygens (including phenoxy) is 1. The van der Waals surface area contributed by atoms with Crippen molar-refractivity contribution in [3.63, 3.8) is 0 Å². The third kappa shape index (κ3) is 4.65. The first-order valence-corrected chi connectivity index (χ1v) is 15.3. The fourth-order valence-electron chi connectivity index (χ4n) is 7.46. The van der Waals surface area contributed by atoms with E-state index in [0.717, 1.165) is 43.2 Å². The minimum atomic E-state index is -1.16. The van der Waals surface area contributed by atoms with Crippen LogP contribution in [0.25, 0.3) is 0 Å². The molecule has 3 heterocycles. The summed E-state index contributed by atoms with van der Waals surface area (Å²) in [4.78, 5) is 43.6. The van der Waals surface area contributed by atoms with Gasteiger partial charge in [-0.25, -0.2) is 0 Å². The molecule has 1 spiro atoms. The monoisotopic (exact) mass is 609 g/mol. The largest absolute Gasteiger partial charge is 0.394 e. The molecule has 4 fully saturated rings. The summed E-state index contributed by atoms with van der Waals surface area (Å²) in [7, 11) is 0. The highest BCUT2D eigenvalue weighted by Crippen LogP contribution is 2.61. The summed E-state index contributed by atoms with van der Waals surface area (Å²) >= 11 is 3.73. The van der Waals surface area contributed by atoms with E-state index in [-0.39, 0.29) is 35.2 Å². The lowest BCUT2D eigenvalue weighted by atomic mass is 9.70. The molecule has 3 amide bonds. The third-order valence-corrected chi connectivity index (χ3v) is 10.1. The van der Waals surface area contributed by atoms with Crippen molar-refractivity contribution in [2.45, 2.75) is 79.7 Å². The van der Waals surface area contributed by atoms with E-state index in [9.17, 15) is 19.5 Å². The van der Waals surface area contributed by atoms with Crippen molar-refractivity contribution in [2.75, 3.05) is 6.61 Å². The van der Waals surface area contributed by atoms with Gasteiger partial charge in [0.2, 0.25) is 17.7 Å². The van der Waals surface area contributed by atoms with Crippen LogP contribution in [0.3, 0.4) is 0 Å². The zero-order valence-electron chi connectivity index (χ0n) is 22.4. The van der Waals surface area contributed by atoms with Crippen LogP contribution >= 0.6 is 15.9 Å². The van der Waals surface area contributed by atoms with Gasteiger partial charge in [-0.2, -0.15) is 0 Å². The Morgan fingerprint density at radius 3 is 2.38 bits per heavy atom. The molecule has 40 heavy (non-hydrogen) atoms. The van der Waals surface area contributed by atoms with E-state index in [0.29, 0.717) is 13.0 Å². The number of carbonyl (C=O) groups excluding carboxylic acids is 3. The number of aliphatic hydroxyl groups is 1. The molecule has 3 aliphatic heterocycles. The SMILES string of the molecule is O=C(NC1CCCCC1)C1N([C@H](CO)c2ccccc2)C(=O)[C@@H]2[C@@H](C(=O)NCc3ccccc3)[C@@H]3OC12CC3Br. The molecule has 1 aliphatic carbocycles. The zero-order valence-corrected chi connectivity index (χ0v) is 24.0. The van der Waals surface area contributed by atoms with E-state index >= 15 is 0 Å². The molecule has 0 radical (unpaired) electrons. The van der Waals surface area contributed by atoms with Crippen LogP contribution in [-0.2, 0) is 25.7 Å². The zero-order chi connectivity index (χ0) is 27.9. The Morgan fingerprint density at radius 1 is 1.02 bits per heavy atom. The lowest BCUT2D eigenvalue weighted by Crippen LogP contribution is -2.58. The first kappa shape index (κ1) is 27.4. The predicted octanol–water partition coefficient (Wildman–Crippen LogP) is 3.23. The first-order chi connectivity index (χ1) is 19.4. The van der Waals surface area contributed by atoms with Gasteiger partial charge in [0.25, 0.3) is 0 Å². The van der Waals surface area contributed by atoms with Crippen LogP contribution in [0.1, 0.15) is 55.7 Å². The van der Waals surface area contributed by atoms with Gasteiger partial charge in [0.15, 0.2) is 0 Å². The molecule has 8 nitrogen and oxygen atoms in total. The fraction of sp³-hybridized carbons (Fsp3) is 0.516. The highest BCUT2D eigenvalue weighted by atomic mass is 79.9. The minimum Gasteiger partial charge on any atom is -0.394 e. The Bertz CT molecular complexity index is 1240. The number of halogens is 1. The van der Waals surface area contributed by atoms with Gasteiger partial charge in [0, 0.05) is 17.4 Å². The second-order valence-electron chi connectivity index (χ2n) is 11.6. The second kappa shape index (κ2) is 11.3. The summed E-state index contributed by atoms with van der Waals surface area (Å²) in [6.45, 7) is -0.0137. The molecule has 4 aliphatic rings. The quantitative estimate of drug-likeness (QED) is 0.398. The van der Waals surface area contributed by atoms with Crippen molar-refractivity contribution >= 4 is 33.7 Å². The maximum Gasteiger partial charge on any atom is 0.246 e. The van der Waals surface area contributed by atoms with Crippen LogP contribution in [-0.4, -0.2) is 63.0 Å². The van der Waals surface area contributed by atoms with Crippen molar-refractivity contribution in [3.05, 3.63) is 71.8 Å². The summed E-state index contributed by atoms with van der Waals surface area (Å²) in [5, 5.41) is 16.8. The Hall–Kier alpha value is -2.75. The number of amides is 3. The van der Waals surface area contributed by atoms with E-state index in [1.54, 1.807) is 0 Å². The number of hydrogen-bond donors (Lipinski definition) is 3. The topological polar surface area (TPSA) is 108 Å². The maximum atomic E-state index is 14.4. The van der Waals surface area contributed by atoms with Crippen LogP contribution in [0.15, 0.2) is 60.7 Å². The molecule has 3 unspecified atom stereocenters. The molecular weight excluding hydrogens is 574 g/mol. The number of aliphatic hydroxyl groups excluding tert-OH is 1. The van der Waals surface area contributed by atoms with Crippen molar-refractivity contribution in [2.24, 2.45) is 11.8 Å². The van der Waals surface area contributed by atoms with Crippen molar-refractivity contribution in [1.82, 2.24) is 15.5 Å². The van der Waals surface area contributed by atoms with E-state index in [4.69, 9.17) is 4.74 Å². The van der Waals surface area contributed by atoms with Gasteiger partial charge < -0.3 is 25.4 Å². The highest BCUT2D eigenvalue weighted by Gasteiger charge is 2.77. The summed E-state index contributed by atoms with van der Waals surface area (Å²) in [5.41, 5.74) is 0.532. The van der Waals surface area contributed by atoms with Crippen molar-refractivity contribution in [1.29, 1.82) is 0 Å². The molecule has 2 bridgehead atoms. The Balaban J connectivity index is 1.35. The molecule has 2 aromatic carbocycles. The number of carbonyl (C=O) groups is 3. The van der Waals surface area contributed by atoms with Crippen molar-refractivity contribution < 1.29 is 24.2 Å². The molecule has 0 aromatic heterocycles. The van der Waals surface area contributed by atoms with Crippen molar-refractivity contribution in [3.8, 4) is 0 Å². The van der Waals surface area contributed by atoms with Crippen LogP contribution in [0.4, 0.5) is 0 Å². The average molecular weight is 611 g/mol. The molecule has 2 aromatic rings. The lowest BCUT2D eigenvalue weighted by Gasteiger charge is -2.38. The number of fused-ring (bicyclic) bond motifs is 1. The molecular formula is C31H36BrN3O5. The van der Waals surface area contributed by atoms with E-state index in [2.05, 4.69) is 26.6 Å². The van der Waals surface area contributed by atoms with Crippen LogP contribution in [0.2, 0.25) is 0 Å². The van der Waals surface area contributed by atoms with Gasteiger partial charge in [0.1, 0.15) is 11.6 Å². The molecule has 3 saturated heterocycles. The lowest BCUT2D eigenvalue weighted by molar-refractivity contribution is -0.146. The predicted molar refractivity (Wildman–Crippen MR) is 152 cm³/mol. The van der Waals surface area contributed by atoms with Gasteiger partial charge in [-0.15, -0.1) is 0 Å². The summed E-state index contributed by atoms with van der Waals surface area (Å²) in [5.74, 6) is -2.40. The van der Waals surface area contributed by atoms with Gasteiger partial charge in [-0.05, 0) is 30.4 Å². The number of alkyl halides is 1. The Labute approximate surface area is 243 Å². The Morgan fingerprint density at radius 2 is 1.70 bits per heavy atom. The van der Waals surface area contributed by atoms with E-state index in [1.807, 2.05) is 60.7 Å². The average Bonchev–Trinajstić information content (AvgIpc) is 3.57. The molecule has 9 heteroatoms. The summed E-state index contributed by atoms with van der Waals surface area (Å²) in [6.07, 6.45) is 4.98. The third-order valence-electron chi connectivity index (χ3n) is 9.23. The number of likely N-dealkylation sites (tertiary alicyclic amines) is 1. The maximum absolute atomic E-state index is 14.4. The fourth-order valence-corrected chi connectivity index (χ4v) is 8.40. The number of nitrogens with one attached hydrogen (secondary N) is 2. The van der Waals surface area contributed by atoms with Crippen LogP contribution in [0, 0.1) is 11.8 Å². The molecule has 7 atom stereocenters. The summed E-state index contributed by atoms with van der Waals surface area (Å²) in [6, 6.07) is 17.3. The minimum absolute atomic E-state index is 0.0429. The number of nitrogens with zero attached hydrogens (tertiary/aromatic N) is 1. The van der Waals surface area contributed by atoms with Crippen LogP contribution < -0.4 is 10.6 Å². The van der Waals surface area contributed by atoms with Crippen LogP contribution in [0.5, 0.6) is 0 Å². The molecule has 212 valence electrons. The number of hydrogen-bond acceptors (Lipinski definition) is 5. The van der Waals surface area contributed by atoms with Gasteiger partial charge >= 0.3 is 0 Å².